The third-order valence-electron chi connectivity index (χ3n) is 2.94. The maximum Gasteiger partial charge on any atom is 0.241 e. The quantitative estimate of drug-likeness (QED) is 0.811. The molecule has 6 nitrogen and oxygen atoms in total. The molecule has 114 valence electrons. The minimum atomic E-state index is -3.59. The van der Waals surface area contributed by atoms with E-state index in [1.807, 2.05) is 13.0 Å². The van der Waals surface area contributed by atoms with Crippen LogP contribution >= 0.6 is 0 Å². The van der Waals surface area contributed by atoms with Gasteiger partial charge in [0.25, 0.3) is 0 Å². The van der Waals surface area contributed by atoms with Gasteiger partial charge in [0.15, 0.2) is 5.76 Å². The van der Waals surface area contributed by atoms with E-state index in [1.165, 1.54) is 0 Å². The molecule has 0 aliphatic carbocycles. The summed E-state index contributed by atoms with van der Waals surface area (Å²) in [5.74, 6) is 0.486. The molecule has 0 bridgehead atoms. The molecule has 0 aliphatic rings. The summed E-state index contributed by atoms with van der Waals surface area (Å²) in [4.78, 5) is 0.280. The summed E-state index contributed by atoms with van der Waals surface area (Å²) in [7, 11) is -3.59. The lowest BCUT2D eigenvalue weighted by Gasteiger charge is -2.11. The molecule has 0 radical (unpaired) electrons. The maximum atomic E-state index is 12.4. The Balaban J connectivity index is 2.15. The van der Waals surface area contributed by atoms with Gasteiger partial charge < -0.3 is 9.84 Å². The first-order valence-electron chi connectivity index (χ1n) is 6.73. The molecular formula is C14H19N3O3S. The van der Waals surface area contributed by atoms with Crippen molar-refractivity contribution in [3.05, 3.63) is 47.3 Å². The predicted octanol–water partition coefficient (Wildman–Crippen LogP) is 1.57. The van der Waals surface area contributed by atoms with E-state index in [4.69, 9.17) is 4.52 Å². The van der Waals surface area contributed by atoms with E-state index in [0.717, 1.165) is 17.8 Å². The molecule has 2 rings (SSSR count). The lowest BCUT2D eigenvalue weighted by molar-refractivity contribution is 0.377. The summed E-state index contributed by atoms with van der Waals surface area (Å²) in [6.45, 7) is 5.13. The fraction of sp³-hybridized carbons (Fsp3) is 0.357. The number of rotatable bonds is 7. The zero-order valence-electron chi connectivity index (χ0n) is 12.1. The molecule has 1 aromatic carbocycles. The first kappa shape index (κ1) is 15.7. The summed E-state index contributed by atoms with van der Waals surface area (Å²) >= 11 is 0. The van der Waals surface area contributed by atoms with E-state index in [1.54, 1.807) is 31.2 Å². The Bertz CT molecular complexity index is 695. The van der Waals surface area contributed by atoms with Gasteiger partial charge in [-0.05, 0) is 25.1 Å². The summed E-state index contributed by atoms with van der Waals surface area (Å²) in [5.41, 5.74) is 1.46. The van der Waals surface area contributed by atoms with Crippen LogP contribution in [0, 0.1) is 6.92 Å². The first-order chi connectivity index (χ1) is 10.0. The maximum absolute atomic E-state index is 12.4. The van der Waals surface area contributed by atoms with Gasteiger partial charge >= 0.3 is 0 Å². The Morgan fingerprint density at radius 3 is 2.67 bits per heavy atom. The second-order valence-corrected chi connectivity index (χ2v) is 6.38. The molecule has 1 aromatic heterocycles. The van der Waals surface area contributed by atoms with Crippen molar-refractivity contribution in [2.24, 2.45) is 0 Å². The van der Waals surface area contributed by atoms with Gasteiger partial charge in [-0.3, -0.25) is 0 Å². The molecule has 7 heteroatoms. The number of hydrogen-bond acceptors (Lipinski definition) is 5. The Morgan fingerprint density at radius 1 is 1.24 bits per heavy atom. The van der Waals surface area contributed by atoms with E-state index in [2.05, 4.69) is 15.2 Å². The Labute approximate surface area is 124 Å². The average molecular weight is 309 g/mol. The molecular weight excluding hydrogens is 290 g/mol. The number of aromatic nitrogens is 1. The highest BCUT2D eigenvalue weighted by molar-refractivity contribution is 7.89. The molecule has 0 aliphatic heterocycles. The zero-order valence-corrected chi connectivity index (χ0v) is 12.9. The van der Waals surface area contributed by atoms with E-state index < -0.39 is 10.0 Å². The molecule has 0 atom stereocenters. The van der Waals surface area contributed by atoms with Crippen molar-refractivity contribution in [1.82, 2.24) is 15.2 Å². The second-order valence-electron chi connectivity index (χ2n) is 4.65. The number of hydrogen-bond donors (Lipinski definition) is 2. The topological polar surface area (TPSA) is 84.2 Å². The molecule has 0 saturated carbocycles. The summed E-state index contributed by atoms with van der Waals surface area (Å²) in [6.07, 6.45) is 0. The van der Waals surface area contributed by atoms with Crippen molar-refractivity contribution in [2.75, 3.05) is 6.54 Å². The van der Waals surface area contributed by atoms with Gasteiger partial charge in [0.05, 0.1) is 17.1 Å². The largest absolute Gasteiger partial charge is 0.360 e. The molecule has 0 amide bonds. The fourth-order valence-corrected chi connectivity index (χ4v) is 3.15. The lowest BCUT2D eigenvalue weighted by atomic mass is 10.2. The van der Waals surface area contributed by atoms with Crippen LogP contribution in [0.5, 0.6) is 0 Å². The van der Waals surface area contributed by atoms with Gasteiger partial charge in [-0.25, -0.2) is 13.1 Å². The van der Waals surface area contributed by atoms with Crippen LogP contribution < -0.4 is 10.0 Å². The van der Waals surface area contributed by atoms with Gasteiger partial charge in [0.1, 0.15) is 0 Å². The van der Waals surface area contributed by atoms with Crippen LogP contribution in [0.1, 0.15) is 23.9 Å². The van der Waals surface area contributed by atoms with Gasteiger partial charge in [-0.15, -0.1) is 0 Å². The van der Waals surface area contributed by atoms with E-state index in [0.29, 0.717) is 12.3 Å². The Hall–Kier alpha value is -1.70. The molecule has 0 saturated heterocycles. The average Bonchev–Trinajstić information content (AvgIpc) is 2.89. The minimum Gasteiger partial charge on any atom is -0.360 e. The van der Waals surface area contributed by atoms with Crippen LogP contribution in [0.25, 0.3) is 0 Å². The van der Waals surface area contributed by atoms with Crippen molar-refractivity contribution < 1.29 is 12.9 Å². The van der Waals surface area contributed by atoms with Gasteiger partial charge in [-0.2, -0.15) is 0 Å². The van der Waals surface area contributed by atoms with Crippen LogP contribution in [0.3, 0.4) is 0 Å². The number of benzene rings is 1. The van der Waals surface area contributed by atoms with Crippen molar-refractivity contribution in [3.63, 3.8) is 0 Å². The normalized spacial score (nSPS) is 11.7. The van der Waals surface area contributed by atoms with Crippen molar-refractivity contribution in [2.45, 2.75) is 31.8 Å². The molecule has 0 fully saturated rings. The predicted molar refractivity (Wildman–Crippen MR) is 79.1 cm³/mol. The highest BCUT2D eigenvalue weighted by Gasteiger charge is 2.18. The lowest BCUT2D eigenvalue weighted by Crippen LogP contribution is -2.25. The van der Waals surface area contributed by atoms with Crippen LogP contribution in [0.15, 0.2) is 39.8 Å². The Morgan fingerprint density at radius 2 is 2.00 bits per heavy atom. The highest BCUT2D eigenvalue weighted by atomic mass is 32.2. The van der Waals surface area contributed by atoms with Gasteiger partial charge in [-0.1, -0.05) is 30.3 Å². The monoisotopic (exact) mass is 309 g/mol. The molecule has 21 heavy (non-hydrogen) atoms. The number of aryl methyl sites for hydroxylation is 1. The summed E-state index contributed by atoms with van der Waals surface area (Å²) in [5, 5.41) is 6.86. The van der Waals surface area contributed by atoms with Crippen LogP contribution in [-0.4, -0.2) is 20.1 Å². The summed E-state index contributed by atoms with van der Waals surface area (Å²) < 4.78 is 32.3. The summed E-state index contributed by atoms with van der Waals surface area (Å²) in [6, 6.07) is 8.64. The minimum absolute atomic E-state index is 0.0821. The molecule has 1 heterocycles. The second kappa shape index (κ2) is 6.84. The van der Waals surface area contributed by atoms with Crippen molar-refractivity contribution >= 4 is 10.0 Å². The fourth-order valence-electron chi connectivity index (χ4n) is 1.92. The standard InChI is InChI=1S/C14H19N3O3S/c1-3-15-9-12-6-4-5-7-14(12)21(18,19)16-10-13-8-11(2)17-20-13/h4-8,15-16H,3,9-10H2,1-2H3. The van der Waals surface area contributed by atoms with E-state index >= 15 is 0 Å². The van der Waals surface area contributed by atoms with Crippen molar-refractivity contribution in [1.29, 1.82) is 0 Å². The number of nitrogens with one attached hydrogen (secondary N) is 2. The van der Waals surface area contributed by atoms with E-state index in [9.17, 15) is 8.42 Å². The molecule has 0 spiro atoms. The third kappa shape index (κ3) is 4.13. The Kier molecular flexibility index (Phi) is 5.11. The van der Waals surface area contributed by atoms with Gasteiger partial charge in [0, 0.05) is 12.6 Å². The van der Waals surface area contributed by atoms with Crippen molar-refractivity contribution in [3.8, 4) is 0 Å². The van der Waals surface area contributed by atoms with Crippen LogP contribution in [0.4, 0.5) is 0 Å². The van der Waals surface area contributed by atoms with E-state index in [-0.39, 0.29) is 11.4 Å². The van der Waals surface area contributed by atoms with Crippen LogP contribution in [-0.2, 0) is 23.1 Å². The SMILES string of the molecule is CCNCc1ccccc1S(=O)(=O)NCc1cc(C)no1. The zero-order chi connectivity index (χ0) is 15.3. The molecule has 2 aromatic rings. The van der Waals surface area contributed by atoms with Crippen LogP contribution in [0.2, 0.25) is 0 Å². The number of nitrogens with zero attached hydrogens (tertiary/aromatic N) is 1. The number of sulfonamides is 1. The molecule has 0 unspecified atom stereocenters. The molecule has 2 N–H and O–H groups in total. The third-order valence-corrected chi connectivity index (χ3v) is 4.44. The van der Waals surface area contributed by atoms with Gasteiger partial charge in [0.2, 0.25) is 10.0 Å². The first-order valence-corrected chi connectivity index (χ1v) is 8.21. The highest BCUT2D eigenvalue weighted by Crippen LogP contribution is 2.15. The smallest absolute Gasteiger partial charge is 0.241 e.